The van der Waals surface area contributed by atoms with Crippen LogP contribution in [0.2, 0.25) is 0 Å². The molecule has 0 saturated carbocycles. The molecule has 0 amide bonds. The van der Waals surface area contributed by atoms with Crippen LogP contribution in [-0.4, -0.2) is 22.2 Å². The van der Waals surface area contributed by atoms with E-state index in [2.05, 4.69) is 38.5 Å². The van der Waals surface area contributed by atoms with Crippen molar-refractivity contribution in [3.8, 4) is 5.75 Å². The maximum absolute atomic E-state index is 6.03. The number of halogens is 1. The number of hydrogen-bond donors (Lipinski definition) is 1. The van der Waals surface area contributed by atoms with E-state index in [0.717, 1.165) is 35.4 Å². The normalized spacial score (nSPS) is 12.4. The Balaban J connectivity index is 1.94. The summed E-state index contributed by atoms with van der Waals surface area (Å²) in [5.41, 5.74) is 7.23. The van der Waals surface area contributed by atoms with E-state index in [1.54, 1.807) is 6.20 Å². The Hall–Kier alpha value is -1.33. The molecule has 0 aliphatic heterocycles. The summed E-state index contributed by atoms with van der Waals surface area (Å²) in [4.78, 5) is 4.20. The van der Waals surface area contributed by atoms with Gasteiger partial charge in [-0.05, 0) is 43.5 Å². The third-order valence-electron chi connectivity index (χ3n) is 3.55. The van der Waals surface area contributed by atoms with E-state index in [9.17, 15) is 0 Å². The first-order valence-electron chi connectivity index (χ1n) is 7.24. The highest BCUT2D eigenvalue weighted by Gasteiger charge is 2.07. The first-order chi connectivity index (χ1) is 10.1. The Morgan fingerprint density at radius 1 is 1.43 bits per heavy atom. The lowest BCUT2D eigenvalue weighted by atomic mass is 10.0. The van der Waals surface area contributed by atoms with Crippen molar-refractivity contribution in [3.05, 3.63) is 46.5 Å². The van der Waals surface area contributed by atoms with Gasteiger partial charge in [0.15, 0.2) is 0 Å². The second kappa shape index (κ2) is 7.61. The fourth-order valence-electron chi connectivity index (χ4n) is 2.13. The van der Waals surface area contributed by atoms with Gasteiger partial charge in [0.1, 0.15) is 18.2 Å². The fourth-order valence-corrected chi connectivity index (χ4v) is 2.53. The van der Waals surface area contributed by atoms with Crippen molar-refractivity contribution in [2.75, 3.05) is 6.61 Å². The molecule has 1 unspecified atom stereocenters. The molecule has 4 nitrogen and oxygen atoms in total. The van der Waals surface area contributed by atoms with Gasteiger partial charge in [0.25, 0.3) is 0 Å². The second-order valence-corrected chi connectivity index (χ2v) is 6.00. The van der Waals surface area contributed by atoms with Gasteiger partial charge < -0.3 is 15.0 Å². The molecular weight excluding hydrogens is 330 g/mol. The van der Waals surface area contributed by atoms with Gasteiger partial charge in [0.05, 0.1) is 6.54 Å². The highest BCUT2D eigenvalue weighted by molar-refractivity contribution is 9.10. The van der Waals surface area contributed by atoms with Crippen molar-refractivity contribution in [2.45, 2.75) is 39.3 Å². The minimum atomic E-state index is 0.185. The molecule has 0 saturated heterocycles. The van der Waals surface area contributed by atoms with Crippen molar-refractivity contribution in [3.63, 3.8) is 0 Å². The maximum atomic E-state index is 6.03. The molecule has 2 aromatic rings. The van der Waals surface area contributed by atoms with Gasteiger partial charge in [0.2, 0.25) is 0 Å². The summed E-state index contributed by atoms with van der Waals surface area (Å²) in [6.45, 7) is 5.51. The molecule has 1 aromatic heterocycles. The first-order valence-corrected chi connectivity index (χ1v) is 8.04. The number of nitrogens with zero attached hydrogens (tertiary/aromatic N) is 2. The summed E-state index contributed by atoms with van der Waals surface area (Å²) in [5.74, 6) is 1.89. The average Bonchev–Trinajstić information content (AvgIpc) is 2.88. The number of benzene rings is 1. The molecule has 1 aromatic carbocycles. The Morgan fingerprint density at radius 3 is 2.90 bits per heavy atom. The molecule has 1 atom stereocenters. The number of aromatic nitrogens is 2. The van der Waals surface area contributed by atoms with Crippen molar-refractivity contribution in [2.24, 2.45) is 5.73 Å². The van der Waals surface area contributed by atoms with E-state index < -0.39 is 0 Å². The third-order valence-corrected chi connectivity index (χ3v) is 4.32. The summed E-state index contributed by atoms with van der Waals surface area (Å²) in [5, 5.41) is 0. The Labute approximate surface area is 134 Å². The highest BCUT2D eigenvalue weighted by atomic mass is 79.9. The smallest absolute Gasteiger partial charge is 0.119 e. The van der Waals surface area contributed by atoms with Gasteiger partial charge in [-0.15, -0.1) is 0 Å². The van der Waals surface area contributed by atoms with Crippen molar-refractivity contribution in [1.29, 1.82) is 0 Å². The molecule has 21 heavy (non-hydrogen) atoms. The highest BCUT2D eigenvalue weighted by Crippen LogP contribution is 2.24. The number of rotatable bonds is 7. The van der Waals surface area contributed by atoms with Gasteiger partial charge in [-0.3, -0.25) is 0 Å². The van der Waals surface area contributed by atoms with E-state index in [4.69, 9.17) is 10.5 Å². The Kier molecular flexibility index (Phi) is 5.82. The minimum Gasteiger partial charge on any atom is -0.492 e. The second-order valence-electron chi connectivity index (χ2n) is 5.14. The van der Waals surface area contributed by atoms with Crippen molar-refractivity contribution in [1.82, 2.24) is 9.55 Å². The predicted molar refractivity (Wildman–Crippen MR) is 88.6 cm³/mol. The van der Waals surface area contributed by atoms with Crippen LogP contribution in [0, 0.1) is 6.92 Å². The SMILES string of the molecule is CCC(N)Cc1cc(OCCn2ccnc2C)ccc1Br. The van der Waals surface area contributed by atoms with E-state index in [0.29, 0.717) is 6.61 Å². The topological polar surface area (TPSA) is 53.1 Å². The van der Waals surface area contributed by atoms with Crippen LogP contribution in [0.15, 0.2) is 35.1 Å². The summed E-state index contributed by atoms with van der Waals surface area (Å²) < 4.78 is 9.00. The monoisotopic (exact) mass is 351 g/mol. The molecule has 1 heterocycles. The minimum absolute atomic E-state index is 0.185. The molecule has 0 aliphatic rings. The predicted octanol–water partition coefficient (Wildman–Crippen LogP) is 3.31. The van der Waals surface area contributed by atoms with Crippen LogP contribution in [0.4, 0.5) is 0 Å². The van der Waals surface area contributed by atoms with Crippen LogP contribution in [0.3, 0.4) is 0 Å². The lowest BCUT2D eigenvalue weighted by Gasteiger charge is -2.13. The molecule has 0 radical (unpaired) electrons. The molecule has 2 N–H and O–H groups in total. The zero-order valence-electron chi connectivity index (χ0n) is 12.6. The van der Waals surface area contributed by atoms with Crippen LogP contribution in [0.5, 0.6) is 5.75 Å². The van der Waals surface area contributed by atoms with Crippen molar-refractivity contribution >= 4 is 15.9 Å². The lowest BCUT2D eigenvalue weighted by molar-refractivity contribution is 0.296. The van der Waals surface area contributed by atoms with Gasteiger partial charge in [0, 0.05) is 22.9 Å². The zero-order chi connectivity index (χ0) is 15.2. The summed E-state index contributed by atoms with van der Waals surface area (Å²) in [6, 6.07) is 6.26. The summed E-state index contributed by atoms with van der Waals surface area (Å²) in [6.07, 6.45) is 5.59. The van der Waals surface area contributed by atoms with Crippen LogP contribution >= 0.6 is 15.9 Å². The average molecular weight is 352 g/mol. The van der Waals surface area contributed by atoms with Crippen LogP contribution in [-0.2, 0) is 13.0 Å². The maximum Gasteiger partial charge on any atom is 0.119 e. The molecule has 0 spiro atoms. The quantitative estimate of drug-likeness (QED) is 0.832. The molecule has 0 aliphatic carbocycles. The summed E-state index contributed by atoms with van der Waals surface area (Å²) in [7, 11) is 0. The Morgan fingerprint density at radius 2 is 2.24 bits per heavy atom. The molecule has 2 rings (SSSR count). The summed E-state index contributed by atoms with van der Waals surface area (Å²) >= 11 is 3.57. The number of nitrogens with two attached hydrogens (primary N) is 1. The largest absolute Gasteiger partial charge is 0.492 e. The van der Waals surface area contributed by atoms with Crippen LogP contribution in [0.25, 0.3) is 0 Å². The zero-order valence-corrected chi connectivity index (χ0v) is 14.1. The van der Waals surface area contributed by atoms with E-state index in [1.807, 2.05) is 25.3 Å². The van der Waals surface area contributed by atoms with E-state index in [1.165, 1.54) is 5.56 Å². The van der Waals surface area contributed by atoms with Gasteiger partial charge >= 0.3 is 0 Å². The van der Waals surface area contributed by atoms with Gasteiger partial charge in [-0.25, -0.2) is 4.98 Å². The Bertz CT molecular complexity index is 583. The van der Waals surface area contributed by atoms with Crippen molar-refractivity contribution < 1.29 is 4.74 Å². The lowest BCUT2D eigenvalue weighted by Crippen LogP contribution is -2.21. The van der Waals surface area contributed by atoms with Crippen LogP contribution in [0.1, 0.15) is 24.7 Å². The number of imidazole rings is 1. The fraction of sp³-hybridized carbons (Fsp3) is 0.438. The standard InChI is InChI=1S/C16H22BrN3O/c1-3-14(18)10-13-11-15(4-5-16(13)17)21-9-8-20-7-6-19-12(20)2/h4-7,11,14H,3,8-10,18H2,1-2H3. The van der Waals surface area contributed by atoms with E-state index in [-0.39, 0.29) is 6.04 Å². The van der Waals surface area contributed by atoms with Gasteiger partial charge in [-0.1, -0.05) is 22.9 Å². The van der Waals surface area contributed by atoms with E-state index >= 15 is 0 Å². The molecule has 5 heteroatoms. The first kappa shape index (κ1) is 16.0. The van der Waals surface area contributed by atoms with Gasteiger partial charge in [-0.2, -0.15) is 0 Å². The molecular formula is C16H22BrN3O. The molecule has 0 fully saturated rings. The van der Waals surface area contributed by atoms with Crippen LogP contribution < -0.4 is 10.5 Å². The number of ether oxygens (including phenoxy) is 1. The number of hydrogen-bond acceptors (Lipinski definition) is 3. The molecule has 114 valence electrons. The third kappa shape index (κ3) is 4.58. The number of aryl methyl sites for hydroxylation is 1. The molecule has 0 bridgehead atoms.